The number of carbonyl (C=O) groups excluding carboxylic acids is 2. The number of ketones is 1. The monoisotopic (exact) mass is 604 g/mol. The Kier molecular flexibility index (Phi) is 9.23. The first-order chi connectivity index (χ1) is 21.0. The maximum atomic E-state index is 13.9. The van der Waals surface area contributed by atoms with Crippen LogP contribution in [-0.2, 0) is 15.6 Å². The molecule has 4 aromatic carbocycles. The highest BCUT2D eigenvalue weighted by Gasteiger charge is 2.50. The molecule has 0 aliphatic carbocycles. The molecule has 0 unspecified atom stereocenters. The third-order valence-electron chi connectivity index (χ3n) is 8.81. The van der Waals surface area contributed by atoms with Crippen LogP contribution in [0.5, 0.6) is 0 Å². The molecule has 0 radical (unpaired) electrons. The van der Waals surface area contributed by atoms with Crippen LogP contribution < -0.4 is 20.6 Å². The third-order valence-corrected chi connectivity index (χ3v) is 13.8. The summed E-state index contributed by atoms with van der Waals surface area (Å²) in [7, 11) is -0.839. The fourth-order valence-electron chi connectivity index (χ4n) is 6.73. The maximum absolute atomic E-state index is 13.9. The highest BCUT2D eigenvalue weighted by molar-refractivity contribution is 6.99. The Bertz CT molecular complexity index is 1540. The average Bonchev–Trinajstić information content (AvgIpc) is 3.01. The van der Waals surface area contributed by atoms with Crippen molar-refractivity contribution in [2.45, 2.75) is 58.2 Å². The van der Waals surface area contributed by atoms with E-state index >= 15 is 0 Å². The number of anilines is 1. The predicted octanol–water partition coefficient (Wildman–Crippen LogP) is 6.00. The third kappa shape index (κ3) is 6.15. The van der Waals surface area contributed by atoms with Gasteiger partial charge in [-0.15, -0.1) is 0 Å². The van der Waals surface area contributed by atoms with Crippen LogP contribution >= 0.6 is 0 Å². The van der Waals surface area contributed by atoms with E-state index < -0.39 is 14.4 Å². The molecule has 5 nitrogen and oxygen atoms in total. The first-order valence-corrected chi connectivity index (χ1v) is 17.4. The van der Waals surface area contributed by atoms with Gasteiger partial charge < -0.3 is 14.6 Å². The minimum atomic E-state index is -2.80. The first-order valence-electron chi connectivity index (χ1n) is 15.5. The summed E-state index contributed by atoms with van der Waals surface area (Å²) in [5.41, 5.74) is 3.26. The van der Waals surface area contributed by atoms with E-state index in [1.165, 1.54) is 10.4 Å². The normalized spacial score (nSPS) is 17.4. The number of benzene rings is 4. The van der Waals surface area contributed by atoms with Crippen LogP contribution in [0.2, 0.25) is 5.04 Å². The minimum absolute atomic E-state index is 0.0241. The molecule has 5 rings (SSSR count). The van der Waals surface area contributed by atoms with Crippen molar-refractivity contribution in [3.05, 3.63) is 126 Å². The Hall–Kier alpha value is -4.00. The zero-order valence-corrected chi connectivity index (χ0v) is 27.7. The predicted molar refractivity (Wildman–Crippen MR) is 183 cm³/mol. The molecule has 0 aromatic heterocycles. The molecule has 0 fully saturated rings. The van der Waals surface area contributed by atoms with Crippen molar-refractivity contribution in [3.8, 4) is 0 Å². The lowest BCUT2D eigenvalue weighted by Crippen LogP contribution is -2.67. The summed E-state index contributed by atoms with van der Waals surface area (Å²) < 4.78 is 7.26. The zero-order chi connectivity index (χ0) is 31.5. The van der Waals surface area contributed by atoms with Gasteiger partial charge in [0.2, 0.25) is 5.91 Å². The van der Waals surface area contributed by atoms with Crippen LogP contribution in [0.3, 0.4) is 0 Å². The summed E-state index contributed by atoms with van der Waals surface area (Å²) in [5, 5.41) is 5.60. The summed E-state index contributed by atoms with van der Waals surface area (Å²) in [6.45, 7) is 11.3. The molecule has 44 heavy (non-hydrogen) atoms. The van der Waals surface area contributed by atoms with Gasteiger partial charge in [-0.2, -0.15) is 0 Å². The van der Waals surface area contributed by atoms with Gasteiger partial charge in [0.05, 0.1) is 12.6 Å². The largest absolute Gasteiger partial charge is 0.405 e. The molecular weight excluding hydrogens is 561 g/mol. The maximum Gasteiger partial charge on any atom is 0.261 e. The van der Waals surface area contributed by atoms with Crippen LogP contribution in [0.1, 0.15) is 56.1 Å². The van der Waals surface area contributed by atoms with Gasteiger partial charge in [0.1, 0.15) is 6.04 Å². The van der Waals surface area contributed by atoms with Gasteiger partial charge in [0.15, 0.2) is 5.78 Å². The van der Waals surface area contributed by atoms with Crippen molar-refractivity contribution in [1.82, 2.24) is 5.32 Å². The van der Waals surface area contributed by atoms with E-state index in [-0.39, 0.29) is 28.7 Å². The van der Waals surface area contributed by atoms with E-state index in [9.17, 15) is 9.59 Å². The number of hydrogen-bond acceptors (Lipinski definition) is 4. The number of rotatable bonds is 8. The zero-order valence-electron chi connectivity index (χ0n) is 26.7. The lowest BCUT2D eigenvalue weighted by molar-refractivity contribution is -0.124. The standard InChI is InChI=1S/C38H44N2O3Si/c1-27(2)35-37(42)39-31(24-29-22-23-30(25-34(29)40(35)6)36(41)28-16-10-7-11-17-28)26-43-44(38(3,4)5,32-18-12-8-13-19-32)33-20-14-9-15-21-33/h7-23,25,27,31,35H,24,26H2,1-6H3,(H,39,42)/t31-,35-/m0/s1. The lowest BCUT2D eigenvalue weighted by atomic mass is 9.93. The van der Waals surface area contributed by atoms with Gasteiger partial charge in [-0.3, -0.25) is 9.59 Å². The molecule has 1 amide bonds. The second kappa shape index (κ2) is 12.9. The second-order valence-corrected chi connectivity index (χ2v) is 17.5. The molecule has 1 aliphatic heterocycles. The van der Waals surface area contributed by atoms with Crippen molar-refractivity contribution >= 4 is 36.1 Å². The fraction of sp³-hybridized carbons (Fsp3) is 0.316. The topological polar surface area (TPSA) is 58.6 Å². The SMILES string of the molecule is CC(C)[C@H]1C(=O)N[C@H](CO[Si](c2ccccc2)(c2ccccc2)C(C)(C)C)Cc2ccc(C(=O)c3ccccc3)cc2N1C. The number of fused-ring (bicyclic) bond motifs is 1. The van der Waals surface area contributed by atoms with Gasteiger partial charge in [-0.1, -0.05) is 138 Å². The molecule has 0 spiro atoms. The number of amides is 1. The summed E-state index contributed by atoms with van der Waals surface area (Å²) in [4.78, 5) is 29.3. The smallest absolute Gasteiger partial charge is 0.261 e. The summed E-state index contributed by atoms with van der Waals surface area (Å²) in [6, 6.07) is 35.8. The summed E-state index contributed by atoms with van der Waals surface area (Å²) >= 11 is 0. The molecule has 4 aromatic rings. The quantitative estimate of drug-likeness (QED) is 0.198. The van der Waals surface area contributed by atoms with Gasteiger partial charge in [-0.25, -0.2) is 0 Å². The van der Waals surface area contributed by atoms with Crippen LogP contribution in [0.15, 0.2) is 109 Å². The number of nitrogens with one attached hydrogen (secondary N) is 1. The number of nitrogens with zero attached hydrogens (tertiary/aromatic N) is 1. The van der Waals surface area contributed by atoms with Crippen molar-refractivity contribution in [1.29, 1.82) is 0 Å². The second-order valence-electron chi connectivity index (χ2n) is 13.2. The van der Waals surface area contributed by atoms with E-state index in [2.05, 4.69) is 88.5 Å². The summed E-state index contributed by atoms with van der Waals surface area (Å²) in [5.74, 6) is 0.00244. The van der Waals surface area contributed by atoms with Crippen LogP contribution in [0.4, 0.5) is 5.69 Å². The van der Waals surface area contributed by atoms with E-state index in [1.807, 2.05) is 72.6 Å². The summed E-state index contributed by atoms with van der Waals surface area (Å²) in [6.07, 6.45) is 0.592. The van der Waals surface area contributed by atoms with Crippen LogP contribution in [-0.4, -0.2) is 45.7 Å². The molecule has 1 N–H and O–H groups in total. The fourth-order valence-corrected chi connectivity index (χ4v) is 11.3. The Morgan fingerprint density at radius 2 is 1.41 bits per heavy atom. The van der Waals surface area contributed by atoms with E-state index in [0.717, 1.165) is 11.3 Å². The van der Waals surface area contributed by atoms with Crippen LogP contribution in [0, 0.1) is 5.92 Å². The van der Waals surface area contributed by atoms with Crippen LogP contribution in [0.25, 0.3) is 0 Å². The Morgan fingerprint density at radius 3 is 1.93 bits per heavy atom. The van der Waals surface area contributed by atoms with Gasteiger partial charge in [-0.05, 0) is 39.4 Å². The molecular formula is C38H44N2O3Si. The Balaban J connectivity index is 1.54. The molecule has 1 aliphatic rings. The molecule has 2 atom stereocenters. The molecule has 0 saturated heterocycles. The Labute approximate surface area is 263 Å². The van der Waals surface area contributed by atoms with E-state index in [4.69, 9.17) is 4.43 Å². The van der Waals surface area contributed by atoms with E-state index in [0.29, 0.717) is 24.2 Å². The molecule has 6 heteroatoms. The van der Waals surface area contributed by atoms with Gasteiger partial charge in [0.25, 0.3) is 8.32 Å². The van der Waals surface area contributed by atoms with Crippen molar-refractivity contribution in [2.24, 2.45) is 5.92 Å². The average molecular weight is 605 g/mol. The van der Waals surface area contributed by atoms with Crippen molar-refractivity contribution in [2.75, 3.05) is 18.6 Å². The minimum Gasteiger partial charge on any atom is -0.405 e. The number of carbonyl (C=O) groups is 2. The van der Waals surface area contributed by atoms with E-state index in [1.54, 1.807) is 0 Å². The van der Waals surface area contributed by atoms with Gasteiger partial charge >= 0.3 is 0 Å². The lowest BCUT2D eigenvalue weighted by Gasteiger charge is -2.44. The Morgan fingerprint density at radius 1 is 0.864 bits per heavy atom. The van der Waals surface area contributed by atoms with Crippen molar-refractivity contribution in [3.63, 3.8) is 0 Å². The van der Waals surface area contributed by atoms with Gasteiger partial charge in [0, 0.05) is 23.9 Å². The number of likely N-dealkylation sites (N-methyl/N-ethyl adjacent to an activating group) is 1. The molecule has 0 bridgehead atoms. The highest BCUT2D eigenvalue weighted by Crippen LogP contribution is 2.37. The number of hydrogen-bond donors (Lipinski definition) is 1. The van der Waals surface area contributed by atoms with Crippen molar-refractivity contribution < 1.29 is 14.0 Å². The molecule has 1 heterocycles. The first kappa shape index (κ1) is 31.4. The molecule has 228 valence electrons. The molecule has 0 saturated carbocycles. The highest BCUT2D eigenvalue weighted by atomic mass is 28.4.